The number of carbonyl (C=O) groups is 1. The smallest absolute Gasteiger partial charge is 0.303 e. The van der Waals surface area contributed by atoms with Gasteiger partial charge in [0.05, 0.1) is 0 Å². The molecule has 1 fully saturated rings. The first kappa shape index (κ1) is 15.8. The molecule has 0 saturated heterocycles. The van der Waals surface area contributed by atoms with Gasteiger partial charge in [-0.3, -0.25) is 4.79 Å². The molecular weight excluding hydrogens is 359 g/mol. The van der Waals surface area contributed by atoms with Crippen LogP contribution in [0, 0.1) is 0 Å². The van der Waals surface area contributed by atoms with Crippen molar-refractivity contribution in [2.75, 3.05) is 0 Å². The van der Waals surface area contributed by atoms with Crippen LogP contribution < -0.4 is 0 Å². The molecule has 1 saturated carbocycles. The number of rotatable bonds is 2. The van der Waals surface area contributed by atoms with E-state index in [4.69, 9.17) is 5.11 Å². The van der Waals surface area contributed by atoms with Crippen molar-refractivity contribution in [1.29, 1.82) is 0 Å². The summed E-state index contributed by atoms with van der Waals surface area (Å²) >= 11 is 0. The van der Waals surface area contributed by atoms with Gasteiger partial charge in [0.15, 0.2) is 0 Å². The van der Waals surface area contributed by atoms with Crippen LogP contribution in [0.15, 0.2) is 0 Å². The number of carboxylic acid groups (broad SMARTS) is 1. The van der Waals surface area contributed by atoms with Crippen LogP contribution in [-0.4, -0.2) is 38.4 Å². The van der Waals surface area contributed by atoms with E-state index in [9.17, 15) is 4.79 Å². The van der Waals surface area contributed by atoms with E-state index in [1.165, 1.54) is 38.5 Å². The van der Waals surface area contributed by atoms with Gasteiger partial charge in [-0.1, -0.05) is 45.4 Å². The van der Waals surface area contributed by atoms with Crippen LogP contribution in [0.5, 0.6) is 0 Å². The Bertz CT molecular complexity index is 100.0. The van der Waals surface area contributed by atoms with E-state index in [1.807, 2.05) is 6.92 Å². The summed E-state index contributed by atoms with van der Waals surface area (Å²) in [5, 5.41) is 7.91. The van der Waals surface area contributed by atoms with Crippen LogP contribution >= 0.6 is 0 Å². The van der Waals surface area contributed by atoms with Crippen LogP contribution in [0.3, 0.4) is 0 Å². The maximum atomic E-state index is 9.60. The van der Waals surface area contributed by atoms with Gasteiger partial charge in [-0.15, -0.1) is 0 Å². The van der Waals surface area contributed by atoms with Gasteiger partial charge in [0.25, 0.3) is 0 Å². The van der Waals surface area contributed by atoms with E-state index in [1.54, 1.807) is 0 Å². The van der Waals surface area contributed by atoms with Gasteiger partial charge in [0, 0.05) is 33.7 Å². The second-order valence-electron chi connectivity index (χ2n) is 3.27. The predicted molar refractivity (Wildman–Crippen MR) is 56.0 cm³/mol. The van der Waals surface area contributed by atoms with Gasteiger partial charge in [0.2, 0.25) is 0 Å². The molecule has 1 N–H and O–H groups in total. The van der Waals surface area contributed by atoms with Crippen LogP contribution in [-0.2, 0) is 4.79 Å². The van der Waals surface area contributed by atoms with Crippen molar-refractivity contribution in [3.63, 3.8) is 0 Å². The standard InChI is InChI=1S/C6H12.C4H8O2.Pb/c1-2-4-6-5-3-1;1-2-3-4(5)6;/h1-6H2;2-3H2,1H3,(H,5,6);. The van der Waals surface area contributed by atoms with Gasteiger partial charge < -0.3 is 5.11 Å². The Balaban J connectivity index is 0. The number of aliphatic carboxylic acids is 1. The molecule has 13 heavy (non-hydrogen) atoms. The summed E-state index contributed by atoms with van der Waals surface area (Å²) in [7, 11) is 0. The minimum absolute atomic E-state index is 0. The number of hydrogen-bond acceptors (Lipinski definition) is 1. The van der Waals surface area contributed by atoms with Crippen molar-refractivity contribution >= 4 is 33.3 Å². The molecule has 0 bridgehead atoms. The minimum atomic E-state index is -0.711. The van der Waals surface area contributed by atoms with E-state index in [2.05, 4.69) is 0 Å². The molecule has 1 rings (SSSR count). The summed E-state index contributed by atoms with van der Waals surface area (Å²) in [6.45, 7) is 1.84. The Morgan fingerprint density at radius 1 is 1.08 bits per heavy atom. The fraction of sp³-hybridized carbons (Fsp3) is 0.900. The van der Waals surface area contributed by atoms with Crippen LogP contribution in [0.1, 0.15) is 58.3 Å². The Morgan fingerprint density at radius 2 is 1.38 bits per heavy atom. The summed E-state index contributed by atoms with van der Waals surface area (Å²) < 4.78 is 0. The topological polar surface area (TPSA) is 37.3 Å². The summed E-state index contributed by atoms with van der Waals surface area (Å²) in [6, 6.07) is 0. The third-order valence-electron chi connectivity index (χ3n) is 1.96. The summed E-state index contributed by atoms with van der Waals surface area (Å²) in [6.07, 6.45) is 10.0. The predicted octanol–water partition coefficient (Wildman–Crippen LogP) is 2.83. The monoisotopic (exact) mass is 380 g/mol. The zero-order valence-electron chi connectivity index (χ0n) is 8.51. The van der Waals surface area contributed by atoms with Gasteiger partial charge >= 0.3 is 5.97 Å². The molecular formula is C10H20O2Pb. The molecule has 76 valence electrons. The maximum Gasteiger partial charge on any atom is 0.303 e. The van der Waals surface area contributed by atoms with Crippen molar-refractivity contribution in [2.45, 2.75) is 58.3 Å². The van der Waals surface area contributed by atoms with Gasteiger partial charge in [-0.2, -0.15) is 0 Å². The molecule has 2 nitrogen and oxygen atoms in total. The molecule has 1 aliphatic carbocycles. The van der Waals surface area contributed by atoms with E-state index in [0.717, 1.165) is 6.42 Å². The van der Waals surface area contributed by atoms with Crippen LogP contribution in [0.25, 0.3) is 0 Å². The molecule has 4 radical (unpaired) electrons. The first-order chi connectivity index (χ1) is 5.77. The van der Waals surface area contributed by atoms with Gasteiger partial charge in [-0.25, -0.2) is 0 Å². The first-order valence-corrected chi connectivity index (χ1v) is 4.99. The molecule has 0 amide bonds. The average molecular weight is 379 g/mol. The molecule has 0 aromatic carbocycles. The molecule has 0 aliphatic heterocycles. The Morgan fingerprint density at radius 3 is 1.46 bits per heavy atom. The molecule has 1 aliphatic rings. The number of hydrogen-bond donors (Lipinski definition) is 1. The van der Waals surface area contributed by atoms with Crippen molar-refractivity contribution in [3.8, 4) is 0 Å². The second-order valence-corrected chi connectivity index (χ2v) is 3.27. The zero-order chi connectivity index (χ0) is 9.23. The average Bonchev–Trinajstić information content (AvgIpc) is 2.08. The van der Waals surface area contributed by atoms with E-state index in [-0.39, 0.29) is 27.3 Å². The number of carboxylic acids is 1. The van der Waals surface area contributed by atoms with Crippen LogP contribution in [0.2, 0.25) is 0 Å². The molecule has 0 atom stereocenters. The third-order valence-corrected chi connectivity index (χ3v) is 1.96. The van der Waals surface area contributed by atoms with Crippen molar-refractivity contribution in [3.05, 3.63) is 0 Å². The van der Waals surface area contributed by atoms with Gasteiger partial charge in [-0.05, 0) is 6.42 Å². The largest absolute Gasteiger partial charge is 0.481 e. The molecule has 0 spiro atoms. The van der Waals surface area contributed by atoms with Crippen molar-refractivity contribution < 1.29 is 9.90 Å². The minimum Gasteiger partial charge on any atom is -0.481 e. The molecule has 3 heteroatoms. The Hall–Kier alpha value is 0.392. The summed E-state index contributed by atoms with van der Waals surface area (Å²) in [5.41, 5.74) is 0. The first-order valence-electron chi connectivity index (χ1n) is 4.99. The molecule has 0 aromatic heterocycles. The maximum absolute atomic E-state index is 9.60. The fourth-order valence-corrected chi connectivity index (χ4v) is 1.27. The van der Waals surface area contributed by atoms with E-state index < -0.39 is 5.97 Å². The zero-order valence-corrected chi connectivity index (χ0v) is 12.4. The fourth-order valence-electron chi connectivity index (χ4n) is 1.27. The van der Waals surface area contributed by atoms with Crippen LogP contribution in [0.4, 0.5) is 0 Å². The van der Waals surface area contributed by atoms with Gasteiger partial charge in [0.1, 0.15) is 0 Å². The van der Waals surface area contributed by atoms with E-state index >= 15 is 0 Å². The van der Waals surface area contributed by atoms with Crippen molar-refractivity contribution in [1.82, 2.24) is 0 Å². The quantitative estimate of drug-likeness (QED) is 0.749. The third kappa shape index (κ3) is 15.2. The van der Waals surface area contributed by atoms with E-state index in [0.29, 0.717) is 6.42 Å². The Labute approximate surface area is 101 Å². The normalized spacial score (nSPS) is 14.8. The van der Waals surface area contributed by atoms with Crippen molar-refractivity contribution in [2.24, 2.45) is 0 Å². The SMILES string of the molecule is C1CCCCC1.CCCC(=O)O.[Pb]. The Kier molecular flexibility index (Phi) is 15.1. The molecule has 0 unspecified atom stereocenters. The summed E-state index contributed by atoms with van der Waals surface area (Å²) in [5.74, 6) is -0.711. The molecule has 0 heterocycles. The second kappa shape index (κ2) is 12.4. The summed E-state index contributed by atoms with van der Waals surface area (Å²) in [4.78, 5) is 9.60. The molecule has 0 aromatic rings.